The Hall–Kier alpha value is -2.19. The van der Waals surface area contributed by atoms with Crippen molar-refractivity contribution in [1.82, 2.24) is 14.9 Å². The van der Waals surface area contributed by atoms with E-state index in [0.717, 1.165) is 4.90 Å². The van der Waals surface area contributed by atoms with E-state index in [-0.39, 0.29) is 11.5 Å². The Morgan fingerprint density at radius 2 is 1.96 bits per heavy atom. The predicted molar refractivity (Wildman–Crippen MR) is 77.4 cm³/mol. The van der Waals surface area contributed by atoms with Crippen molar-refractivity contribution in [3.05, 3.63) is 23.3 Å². The zero-order chi connectivity index (χ0) is 18.2. The Morgan fingerprint density at radius 1 is 1.33 bits per heavy atom. The van der Waals surface area contributed by atoms with Gasteiger partial charge in [-0.15, -0.1) is 0 Å². The number of amides is 1. The number of likely N-dealkylation sites (tertiary alicyclic amines) is 1. The molecule has 1 aromatic heterocycles. The van der Waals surface area contributed by atoms with E-state index < -0.39 is 43.0 Å². The summed E-state index contributed by atoms with van der Waals surface area (Å²) in [4.78, 5) is 32.8. The lowest BCUT2D eigenvalue weighted by atomic mass is 9.96. The van der Waals surface area contributed by atoms with E-state index in [1.54, 1.807) is 20.8 Å². The molecule has 0 saturated carbocycles. The van der Waals surface area contributed by atoms with Crippen molar-refractivity contribution >= 4 is 11.9 Å². The number of aromatic nitrogens is 2. The molecule has 0 radical (unpaired) electrons. The number of carboxylic acids is 1. The third kappa shape index (κ3) is 3.49. The normalized spacial score (nSPS) is 21.4. The zero-order valence-corrected chi connectivity index (χ0v) is 13.5. The van der Waals surface area contributed by atoms with Gasteiger partial charge in [-0.25, -0.2) is 9.97 Å². The minimum atomic E-state index is -4.68. The van der Waals surface area contributed by atoms with Gasteiger partial charge in [-0.1, -0.05) is 13.8 Å². The molecule has 0 aromatic carbocycles. The van der Waals surface area contributed by atoms with E-state index in [4.69, 9.17) is 5.11 Å². The van der Waals surface area contributed by atoms with Gasteiger partial charge in [0.2, 0.25) is 0 Å². The second-order valence-corrected chi connectivity index (χ2v) is 6.17. The van der Waals surface area contributed by atoms with Gasteiger partial charge in [0.25, 0.3) is 5.91 Å². The minimum absolute atomic E-state index is 0.113. The number of nitrogens with zero attached hydrogens (tertiary/aromatic N) is 3. The highest BCUT2D eigenvalue weighted by Crippen LogP contribution is 2.38. The third-order valence-electron chi connectivity index (χ3n) is 4.06. The fourth-order valence-corrected chi connectivity index (χ4v) is 2.81. The Bertz CT molecular complexity index is 661. The monoisotopic (exact) mass is 345 g/mol. The number of carbonyl (C=O) groups excluding carboxylic acids is 1. The average Bonchev–Trinajstić information content (AvgIpc) is 2.91. The first-order valence-corrected chi connectivity index (χ1v) is 7.44. The van der Waals surface area contributed by atoms with Gasteiger partial charge in [-0.3, -0.25) is 9.59 Å². The molecule has 1 amide bonds. The standard InChI is InChI=1S/C15H18F3N3O3/c1-7(2)12-9(4-19-8(3)20-12)13(22)21-5-10(14(23)24)11(6-21)15(16,17)18/h4,7,10-11H,5-6H2,1-3H3,(H,23,24)/t10-,11-/m1/s1. The van der Waals surface area contributed by atoms with Crippen molar-refractivity contribution in [3.8, 4) is 0 Å². The summed E-state index contributed by atoms with van der Waals surface area (Å²) in [7, 11) is 0. The molecule has 0 unspecified atom stereocenters. The van der Waals surface area contributed by atoms with Gasteiger partial charge < -0.3 is 10.0 Å². The maximum absolute atomic E-state index is 13.0. The summed E-state index contributed by atoms with van der Waals surface area (Å²) in [6, 6.07) is 0. The molecule has 0 aliphatic carbocycles. The first-order chi connectivity index (χ1) is 11.0. The summed E-state index contributed by atoms with van der Waals surface area (Å²) in [6.45, 7) is 4.10. The van der Waals surface area contributed by atoms with Crippen molar-refractivity contribution < 1.29 is 27.9 Å². The molecule has 2 heterocycles. The molecule has 132 valence electrons. The summed E-state index contributed by atoms with van der Waals surface area (Å²) in [5.41, 5.74) is 0.553. The highest BCUT2D eigenvalue weighted by molar-refractivity contribution is 5.95. The fourth-order valence-electron chi connectivity index (χ4n) is 2.81. The van der Waals surface area contributed by atoms with Gasteiger partial charge in [0.1, 0.15) is 5.82 Å². The van der Waals surface area contributed by atoms with Crippen molar-refractivity contribution in [2.45, 2.75) is 32.9 Å². The highest BCUT2D eigenvalue weighted by atomic mass is 19.4. The van der Waals surface area contributed by atoms with Crippen LogP contribution in [0.5, 0.6) is 0 Å². The lowest BCUT2D eigenvalue weighted by Gasteiger charge is -2.20. The highest BCUT2D eigenvalue weighted by Gasteiger charge is 2.53. The number of aliphatic carboxylic acids is 1. The molecule has 1 saturated heterocycles. The smallest absolute Gasteiger partial charge is 0.394 e. The molecule has 0 bridgehead atoms. The quantitative estimate of drug-likeness (QED) is 0.908. The predicted octanol–water partition coefficient (Wildman–Crippen LogP) is 2.24. The van der Waals surface area contributed by atoms with Crippen LogP contribution < -0.4 is 0 Å². The molecule has 1 aliphatic rings. The summed E-state index contributed by atoms with van der Waals surface area (Å²) in [5.74, 6) is -5.64. The van der Waals surface area contributed by atoms with Crippen LogP contribution in [-0.4, -0.2) is 51.1 Å². The van der Waals surface area contributed by atoms with Crippen LogP contribution in [-0.2, 0) is 4.79 Å². The van der Waals surface area contributed by atoms with Gasteiger partial charge in [0, 0.05) is 19.3 Å². The topological polar surface area (TPSA) is 83.4 Å². The van der Waals surface area contributed by atoms with Crippen molar-refractivity contribution in [2.24, 2.45) is 11.8 Å². The lowest BCUT2D eigenvalue weighted by molar-refractivity contribution is -0.187. The number of carboxylic acid groups (broad SMARTS) is 1. The van der Waals surface area contributed by atoms with Crippen molar-refractivity contribution in [2.75, 3.05) is 13.1 Å². The molecule has 1 N–H and O–H groups in total. The van der Waals surface area contributed by atoms with Crippen LogP contribution in [0.4, 0.5) is 13.2 Å². The summed E-state index contributed by atoms with van der Waals surface area (Å²) in [6.07, 6.45) is -3.39. The van der Waals surface area contributed by atoms with E-state index in [1.165, 1.54) is 6.20 Å². The molecular weight excluding hydrogens is 327 g/mol. The second kappa shape index (κ2) is 6.37. The molecule has 2 rings (SSSR count). The van der Waals surface area contributed by atoms with Crippen LogP contribution >= 0.6 is 0 Å². The first-order valence-electron chi connectivity index (χ1n) is 7.44. The summed E-state index contributed by atoms with van der Waals surface area (Å²) < 4.78 is 39.1. The van der Waals surface area contributed by atoms with Crippen molar-refractivity contribution in [1.29, 1.82) is 0 Å². The van der Waals surface area contributed by atoms with Crippen LogP contribution in [0, 0.1) is 18.8 Å². The minimum Gasteiger partial charge on any atom is -0.481 e. The summed E-state index contributed by atoms with van der Waals surface area (Å²) >= 11 is 0. The molecule has 1 fully saturated rings. The Labute approximate surface area is 136 Å². The molecule has 9 heteroatoms. The van der Waals surface area contributed by atoms with Crippen LogP contribution in [0.15, 0.2) is 6.20 Å². The van der Waals surface area contributed by atoms with Crippen LogP contribution in [0.2, 0.25) is 0 Å². The van der Waals surface area contributed by atoms with Crippen LogP contribution in [0.3, 0.4) is 0 Å². The third-order valence-corrected chi connectivity index (χ3v) is 4.06. The van der Waals surface area contributed by atoms with E-state index in [2.05, 4.69) is 9.97 Å². The van der Waals surface area contributed by atoms with Gasteiger partial charge in [-0.05, 0) is 12.8 Å². The molecule has 2 atom stereocenters. The summed E-state index contributed by atoms with van der Waals surface area (Å²) in [5, 5.41) is 9.03. The fraction of sp³-hybridized carbons (Fsp3) is 0.600. The van der Waals surface area contributed by atoms with Crippen molar-refractivity contribution in [3.63, 3.8) is 0 Å². The molecule has 6 nitrogen and oxygen atoms in total. The van der Waals surface area contributed by atoms with E-state index in [0.29, 0.717) is 11.5 Å². The zero-order valence-electron chi connectivity index (χ0n) is 13.5. The molecular formula is C15H18F3N3O3. The molecule has 24 heavy (non-hydrogen) atoms. The Morgan fingerprint density at radius 3 is 2.42 bits per heavy atom. The lowest BCUT2D eigenvalue weighted by Crippen LogP contribution is -2.34. The number of alkyl halides is 3. The Balaban J connectivity index is 2.33. The first kappa shape index (κ1) is 18.2. The van der Waals surface area contributed by atoms with Crippen LogP contribution in [0.1, 0.15) is 41.6 Å². The van der Waals surface area contributed by atoms with Gasteiger partial charge in [0.05, 0.1) is 23.1 Å². The van der Waals surface area contributed by atoms with Crippen LogP contribution in [0.25, 0.3) is 0 Å². The van der Waals surface area contributed by atoms with Gasteiger partial charge >= 0.3 is 12.1 Å². The van der Waals surface area contributed by atoms with E-state index in [9.17, 15) is 22.8 Å². The molecule has 1 aromatic rings. The largest absolute Gasteiger partial charge is 0.481 e. The molecule has 1 aliphatic heterocycles. The number of rotatable bonds is 3. The average molecular weight is 345 g/mol. The number of halogens is 3. The van der Waals surface area contributed by atoms with Gasteiger partial charge in [-0.2, -0.15) is 13.2 Å². The number of aryl methyl sites for hydroxylation is 1. The molecule has 0 spiro atoms. The maximum Gasteiger partial charge on any atom is 0.394 e. The number of hydrogen-bond donors (Lipinski definition) is 1. The number of hydrogen-bond acceptors (Lipinski definition) is 4. The Kier molecular flexibility index (Phi) is 4.82. The van der Waals surface area contributed by atoms with E-state index in [1.807, 2.05) is 0 Å². The number of carbonyl (C=O) groups is 2. The van der Waals surface area contributed by atoms with E-state index >= 15 is 0 Å². The van der Waals surface area contributed by atoms with Gasteiger partial charge in [0.15, 0.2) is 0 Å². The SMILES string of the molecule is Cc1ncc(C(=O)N2C[C@@H](C(F)(F)F)[C@H](C(=O)O)C2)c(C(C)C)n1. The maximum atomic E-state index is 13.0. The second-order valence-electron chi connectivity index (χ2n) is 6.17.